The molecular formula is C20H17ClN2O4S. The van der Waals surface area contributed by atoms with Crippen LogP contribution in [0.2, 0.25) is 5.02 Å². The number of aliphatic carboxylic acids is 1. The number of hydrogen-bond donors (Lipinski definition) is 3. The molecule has 0 radical (unpaired) electrons. The van der Waals surface area contributed by atoms with Crippen molar-refractivity contribution in [3.05, 3.63) is 57.8 Å². The van der Waals surface area contributed by atoms with Crippen molar-refractivity contribution in [2.45, 2.75) is 6.42 Å². The van der Waals surface area contributed by atoms with Crippen LogP contribution in [-0.2, 0) is 9.59 Å². The van der Waals surface area contributed by atoms with Gasteiger partial charge in [0.25, 0.3) is 5.91 Å². The molecule has 1 fully saturated rings. The van der Waals surface area contributed by atoms with E-state index in [1.54, 1.807) is 35.7 Å². The van der Waals surface area contributed by atoms with Crippen LogP contribution in [-0.4, -0.2) is 22.9 Å². The van der Waals surface area contributed by atoms with Gasteiger partial charge >= 0.3 is 5.97 Å². The lowest BCUT2D eigenvalue weighted by Gasteiger charge is -2.24. The van der Waals surface area contributed by atoms with Crippen molar-refractivity contribution in [3.8, 4) is 0 Å². The quantitative estimate of drug-likeness (QED) is 0.639. The zero-order chi connectivity index (χ0) is 19.8. The Kier molecular flexibility index (Phi) is 4.95. The van der Waals surface area contributed by atoms with Gasteiger partial charge in [0, 0.05) is 5.69 Å². The average Bonchev–Trinajstić information content (AvgIpc) is 3.40. The number of nitrogens with one attached hydrogen (secondary N) is 2. The fourth-order valence-corrected chi connectivity index (χ4v) is 4.82. The number of thiophene rings is 1. The molecule has 1 heterocycles. The Hall–Kier alpha value is -2.64. The Morgan fingerprint density at radius 2 is 1.82 bits per heavy atom. The second kappa shape index (κ2) is 7.41. The van der Waals surface area contributed by atoms with Gasteiger partial charge in [0.1, 0.15) is 0 Å². The van der Waals surface area contributed by atoms with Gasteiger partial charge in [0.15, 0.2) is 0 Å². The maximum atomic E-state index is 12.8. The number of amides is 2. The van der Waals surface area contributed by atoms with Crippen LogP contribution >= 0.6 is 22.9 Å². The molecule has 1 aromatic heterocycles. The SMILES string of the molecule is O=C(Nc1cc(NC(=O)[C@@H]2[C@@H](C(=O)O)[C@H]3C=C[C@@H]2C3)ccc1Cl)c1cccs1. The number of carbonyl (C=O) groups is 3. The molecule has 1 saturated carbocycles. The van der Waals surface area contributed by atoms with Crippen LogP contribution in [0.5, 0.6) is 0 Å². The van der Waals surface area contributed by atoms with E-state index in [1.165, 1.54) is 11.3 Å². The summed E-state index contributed by atoms with van der Waals surface area (Å²) in [6.45, 7) is 0. The smallest absolute Gasteiger partial charge is 0.307 e. The second-order valence-corrected chi connectivity index (χ2v) is 8.31. The number of allylic oxidation sites excluding steroid dienone is 2. The molecule has 144 valence electrons. The zero-order valence-electron chi connectivity index (χ0n) is 14.6. The monoisotopic (exact) mass is 416 g/mol. The summed E-state index contributed by atoms with van der Waals surface area (Å²) in [5.74, 6) is -3.03. The number of fused-ring (bicyclic) bond motifs is 2. The molecule has 6 nitrogen and oxygen atoms in total. The third-order valence-corrected chi connectivity index (χ3v) is 6.47. The number of carboxylic acid groups (broad SMARTS) is 1. The first-order valence-corrected chi connectivity index (χ1v) is 10.1. The van der Waals surface area contributed by atoms with Crippen LogP contribution < -0.4 is 10.6 Å². The Labute approximate surface area is 170 Å². The largest absolute Gasteiger partial charge is 0.481 e. The summed E-state index contributed by atoms with van der Waals surface area (Å²) in [5, 5.41) is 17.2. The maximum absolute atomic E-state index is 12.8. The highest BCUT2D eigenvalue weighted by Crippen LogP contribution is 2.48. The van der Waals surface area contributed by atoms with Crippen molar-refractivity contribution in [1.82, 2.24) is 0 Å². The van der Waals surface area contributed by atoms with Crippen molar-refractivity contribution in [3.63, 3.8) is 0 Å². The Bertz CT molecular complexity index is 973. The minimum Gasteiger partial charge on any atom is -0.481 e. The summed E-state index contributed by atoms with van der Waals surface area (Å²) in [6, 6.07) is 8.26. The van der Waals surface area contributed by atoms with Crippen LogP contribution in [0.25, 0.3) is 0 Å². The van der Waals surface area contributed by atoms with E-state index in [1.807, 2.05) is 12.2 Å². The van der Waals surface area contributed by atoms with Crippen molar-refractivity contribution >= 4 is 52.1 Å². The first-order chi connectivity index (χ1) is 13.4. The lowest BCUT2D eigenvalue weighted by molar-refractivity contribution is -0.146. The second-order valence-electron chi connectivity index (χ2n) is 6.95. The predicted octanol–water partition coefficient (Wildman–Crippen LogP) is 4.12. The lowest BCUT2D eigenvalue weighted by atomic mass is 9.82. The Morgan fingerprint density at radius 3 is 2.50 bits per heavy atom. The van der Waals surface area contributed by atoms with Gasteiger partial charge in [-0.3, -0.25) is 14.4 Å². The van der Waals surface area contributed by atoms with Crippen molar-refractivity contribution < 1.29 is 19.5 Å². The molecule has 2 aliphatic rings. The fraction of sp³-hybridized carbons (Fsp3) is 0.250. The topological polar surface area (TPSA) is 95.5 Å². The number of benzene rings is 1. The number of halogens is 1. The molecule has 0 unspecified atom stereocenters. The van der Waals surface area contributed by atoms with Gasteiger partial charge in [-0.2, -0.15) is 0 Å². The molecule has 2 aromatic rings. The summed E-state index contributed by atoms with van der Waals surface area (Å²) < 4.78 is 0. The highest BCUT2D eigenvalue weighted by Gasteiger charge is 2.51. The van der Waals surface area contributed by atoms with E-state index >= 15 is 0 Å². The lowest BCUT2D eigenvalue weighted by Crippen LogP contribution is -2.36. The number of rotatable bonds is 5. The van der Waals surface area contributed by atoms with Gasteiger partial charge in [-0.15, -0.1) is 11.3 Å². The maximum Gasteiger partial charge on any atom is 0.307 e. The van der Waals surface area contributed by atoms with E-state index in [-0.39, 0.29) is 23.7 Å². The van der Waals surface area contributed by atoms with E-state index < -0.39 is 17.8 Å². The minimum atomic E-state index is -0.947. The highest BCUT2D eigenvalue weighted by molar-refractivity contribution is 7.12. The molecule has 2 bridgehead atoms. The molecule has 2 aliphatic carbocycles. The van der Waals surface area contributed by atoms with Crippen molar-refractivity contribution in [2.24, 2.45) is 23.7 Å². The Balaban J connectivity index is 1.51. The summed E-state index contributed by atoms with van der Waals surface area (Å²) in [6.07, 6.45) is 4.52. The first-order valence-electron chi connectivity index (χ1n) is 8.80. The van der Waals surface area contributed by atoms with Gasteiger partial charge in [0.2, 0.25) is 5.91 Å². The molecule has 28 heavy (non-hydrogen) atoms. The molecular weight excluding hydrogens is 400 g/mol. The van der Waals surface area contributed by atoms with E-state index in [2.05, 4.69) is 10.6 Å². The van der Waals surface area contributed by atoms with Crippen LogP contribution in [0.1, 0.15) is 16.1 Å². The normalized spacial score (nSPS) is 24.9. The standard InChI is InChI=1S/C20H17ClN2O4S/c21-13-6-5-12(9-14(13)23-18(24)15-2-1-7-28-15)22-19(25)16-10-3-4-11(8-10)17(16)20(26)27/h1-7,9-11,16-17H,8H2,(H,22,25)(H,23,24)(H,26,27)/t10-,11+,16+,17+/m1/s1. The summed E-state index contributed by atoms with van der Waals surface area (Å²) in [5.41, 5.74) is 0.826. The zero-order valence-corrected chi connectivity index (χ0v) is 16.2. The number of anilines is 2. The van der Waals surface area contributed by atoms with E-state index in [0.29, 0.717) is 27.7 Å². The summed E-state index contributed by atoms with van der Waals surface area (Å²) >= 11 is 7.48. The molecule has 8 heteroatoms. The van der Waals surface area contributed by atoms with E-state index in [4.69, 9.17) is 11.6 Å². The van der Waals surface area contributed by atoms with Crippen LogP contribution in [0.15, 0.2) is 47.9 Å². The van der Waals surface area contributed by atoms with Gasteiger partial charge in [0.05, 0.1) is 27.4 Å². The number of carbonyl (C=O) groups excluding carboxylic acids is 2. The highest BCUT2D eigenvalue weighted by atomic mass is 35.5. The molecule has 0 saturated heterocycles. The van der Waals surface area contributed by atoms with Gasteiger partial charge < -0.3 is 15.7 Å². The number of carboxylic acids is 1. The summed E-state index contributed by atoms with van der Waals surface area (Å²) in [4.78, 5) is 37.2. The number of hydrogen-bond acceptors (Lipinski definition) is 4. The minimum absolute atomic E-state index is 0.0589. The van der Waals surface area contributed by atoms with Crippen LogP contribution in [0.3, 0.4) is 0 Å². The average molecular weight is 417 g/mol. The van der Waals surface area contributed by atoms with Gasteiger partial charge in [-0.05, 0) is 47.9 Å². The van der Waals surface area contributed by atoms with Gasteiger partial charge in [-0.25, -0.2) is 0 Å². The summed E-state index contributed by atoms with van der Waals surface area (Å²) in [7, 11) is 0. The van der Waals surface area contributed by atoms with Crippen molar-refractivity contribution in [2.75, 3.05) is 10.6 Å². The van der Waals surface area contributed by atoms with Gasteiger partial charge in [-0.1, -0.05) is 29.8 Å². The molecule has 4 atom stereocenters. The molecule has 3 N–H and O–H groups in total. The van der Waals surface area contributed by atoms with Crippen LogP contribution in [0, 0.1) is 23.7 Å². The molecule has 4 rings (SSSR count). The van der Waals surface area contributed by atoms with Crippen molar-refractivity contribution in [1.29, 1.82) is 0 Å². The Morgan fingerprint density at radius 1 is 1.07 bits per heavy atom. The molecule has 0 spiro atoms. The predicted molar refractivity (Wildman–Crippen MR) is 108 cm³/mol. The van der Waals surface area contributed by atoms with E-state index in [9.17, 15) is 19.5 Å². The third kappa shape index (κ3) is 3.43. The molecule has 1 aromatic carbocycles. The third-order valence-electron chi connectivity index (χ3n) is 5.27. The first kappa shape index (κ1) is 18.7. The van der Waals surface area contributed by atoms with E-state index in [0.717, 1.165) is 0 Å². The molecule has 0 aliphatic heterocycles. The van der Waals surface area contributed by atoms with Crippen LogP contribution in [0.4, 0.5) is 11.4 Å². The fourth-order valence-electron chi connectivity index (χ4n) is 4.03. The molecule has 2 amide bonds.